The summed E-state index contributed by atoms with van der Waals surface area (Å²) in [5.74, 6) is -0.454. The van der Waals surface area contributed by atoms with Gasteiger partial charge in [0.25, 0.3) is 5.56 Å². The number of fused-ring (bicyclic) bond motifs is 1. The average Bonchev–Trinajstić information content (AvgIpc) is 3.17. The first kappa shape index (κ1) is 27.0. The van der Waals surface area contributed by atoms with Crippen LogP contribution in [0.3, 0.4) is 0 Å². The van der Waals surface area contributed by atoms with Crippen LogP contribution in [0.4, 0.5) is 23.7 Å². The summed E-state index contributed by atoms with van der Waals surface area (Å²) in [6.07, 6.45) is -5.92. The fourth-order valence-electron chi connectivity index (χ4n) is 3.84. The number of cyclic esters (lactones) is 1. The van der Waals surface area contributed by atoms with Gasteiger partial charge in [0.1, 0.15) is 6.61 Å². The van der Waals surface area contributed by atoms with Crippen LogP contribution in [-0.2, 0) is 20.4 Å². The number of hydrogen-bond donors (Lipinski definition) is 1. The second-order valence-corrected chi connectivity index (χ2v) is 8.36. The van der Waals surface area contributed by atoms with Crippen molar-refractivity contribution in [2.24, 2.45) is 0 Å². The molecule has 0 unspecified atom stereocenters. The van der Waals surface area contributed by atoms with E-state index in [1.54, 1.807) is 31.1 Å². The van der Waals surface area contributed by atoms with Crippen molar-refractivity contribution < 1.29 is 32.2 Å². The summed E-state index contributed by atoms with van der Waals surface area (Å²) in [6.45, 7) is 0.0901. The van der Waals surface area contributed by atoms with Gasteiger partial charge in [0.05, 0.1) is 18.7 Å². The Morgan fingerprint density at radius 3 is 2.58 bits per heavy atom. The Hall–Kier alpha value is -3.57. The lowest BCUT2D eigenvalue weighted by Gasteiger charge is -2.15. The van der Waals surface area contributed by atoms with Crippen LogP contribution < -0.4 is 10.5 Å². The summed E-state index contributed by atoms with van der Waals surface area (Å²) in [5, 5.41) is 0.607. The molecular formula is C24H23ClF3N3O5. The molecule has 1 aliphatic heterocycles. The molecule has 0 saturated carbocycles. The second-order valence-electron chi connectivity index (χ2n) is 8.36. The minimum absolute atomic E-state index is 0. The van der Waals surface area contributed by atoms with Gasteiger partial charge in [-0.05, 0) is 43.7 Å². The van der Waals surface area contributed by atoms with E-state index in [1.165, 1.54) is 35.2 Å². The van der Waals surface area contributed by atoms with Crippen LogP contribution in [0, 0.1) is 0 Å². The number of rotatable bonds is 6. The molecule has 3 aromatic rings. The molecule has 4 rings (SSSR count). The van der Waals surface area contributed by atoms with Crippen molar-refractivity contribution in [3.63, 3.8) is 0 Å². The zero-order valence-electron chi connectivity index (χ0n) is 19.3. The third-order valence-corrected chi connectivity index (χ3v) is 5.41. The lowest BCUT2D eigenvalue weighted by Crippen LogP contribution is -2.29. The summed E-state index contributed by atoms with van der Waals surface area (Å²) in [7, 11) is 3.44. The summed E-state index contributed by atoms with van der Waals surface area (Å²) in [6, 6.07) is 11.0. The van der Waals surface area contributed by atoms with Gasteiger partial charge >= 0.3 is 18.2 Å². The fraction of sp³-hybridized carbons (Fsp3) is 0.292. The standard InChI is InChI=1S/C24H22F3N3O5.ClH/c1-29(2)12-21(31)34-13-16-11-30(23(33)35-16)15-8-7-14-9-20(28-22(32)18(14)10-15)17-5-3-4-6-19(17)24(25,26)27;/h3-10,16H,11-13H2,1-2H3,(H,28,32);1H/t16-;/m1./s1. The van der Waals surface area contributed by atoms with Gasteiger partial charge < -0.3 is 14.5 Å². The largest absolute Gasteiger partial charge is 0.461 e. The number of aromatic nitrogens is 1. The van der Waals surface area contributed by atoms with Crippen LogP contribution in [0.15, 0.2) is 53.3 Å². The maximum absolute atomic E-state index is 13.4. The van der Waals surface area contributed by atoms with Crippen LogP contribution in [0.25, 0.3) is 22.0 Å². The van der Waals surface area contributed by atoms with Gasteiger partial charge in [0.2, 0.25) is 0 Å². The molecule has 1 atom stereocenters. The minimum atomic E-state index is -4.58. The number of aromatic amines is 1. The van der Waals surface area contributed by atoms with Crippen molar-refractivity contribution in [3.05, 3.63) is 64.4 Å². The molecule has 0 aliphatic carbocycles. The topological polar surface area (TPSA) is 91.9 Å². The Morgan fingerprint density at radius 2 is 1.89 bits per heavy atom. The summed E-state index contributed by atoms with van der Waals surface area (Å²) < 4.78 is 50.7. The van der Waals surface area contributed by atoms with Gasteiger partial charge in [-0.2, -0.15) is 13.2 Å². The van der Waals surface area contributed by atoms with Crippen molar-refractivity contribution in [2.75, 3.05) is 38.7 Å². The van der Waals surface area contributed by atoms with Crippen LogP contribution in [0.2, 0.25) is 0 Å². The summed E-state index contributed by atoms with van der Waals surface area (Å²) in [5.41, 5.74) is -1.19. The van der Waals surface area contributed by atoms with E-state index >= 15 is 0 Å². The molecule has 0 radical (unpaired) electrons. The lowest BCUT2D eigenvalue weighted by molar-refractivity contribution is -0.146. The first-order valence-electron chi connectivity index (χ1n) is 10.6. The van der Waals surface area contributed by atoms with Crippen LogP contribution in [0.1, 0.15) is 5.56 Å². The monoisotopic (exact) mass is 525 g/mol. The first-order chi connectivity index (χ1) is 16.5. The molecule has 36 heavy (non-hydrogen) atoms. The van der Waals surface area contributed by atoms with Gasteiger partial charge in [0.15, 0.2) is 6.10 Å². The molecule has 1 amide bonds. The lowest BCUT2D eigenvalue weighted by atomic mass is 10.0. The number of pyridine rings is 1. The van der Waals surface area contributed by atoms with Crippen molar-refractivity contribution in [3.8, 4) is 11.3 Å². The van der Waals surface area contributed by atoms with Crippen molar-refractivity contribution in [1.29, 1.82) is 0 Å². The normalized spacial score (nSPS) is 15.7. The molecule has 0 spiro atoms. The molecule has 192 valence electrons. The van der Waals surface area contributed by atoms with E-state index < -0.39 is 35.5 Å². The third-order valence-electron chi connectivity index (χ3n) is 5.41. The molecule has 1 aliphatic rings. The molecule has 1 saturated heterocycles. The SMILES string of the molecule is CN(C)CC(=O)OC[C@H]1CN(c2ccc3cc(-c4ccccc4C(F)(F)F)[nH]c(=O)c3c2)C(=O)O1.Cl. The number of likely N-dealkylation sites (N-methyl/N-ethyl adjacent to an activating group) is 1. The zero-order valence-corrected chi connectivity index (χ0v) is 20.1. The molecule has 1 N–H and O–H groups in total. The van der Waals surface area contributed by atoms with Crippen LogP contribution in [0.5, 0.6) is 0 Å². The Labute approximate surface area is 210 Å². The number of hydrogen-bond acceptors (Lipinski definition) is 6. The Balaban J connectivity index is 0.00000361. The number of esters is 1. The van der Waals surface area contributed by atoms with Crippen LogP contribution >= 0.6 is 12.4 Å². The van der Waals surface area contributed by atoms with Gasteiger partial charge in [-0.3, -0.25) is 19.4 Å². The van der Waals surface area contributed by atoms with Gasteiger partial charge in [-0.1, -0.05) is 24.3 Å². The first-order valence-corrected chi connectivity index (χ1v) is 10.6. The predicted molar refractivity (Wildman–Crippen MR) is 129 cm³/mol. The smallest absolute Gasteiger partial charge is 0.417 e. The Kier molecular flexibility index (Phi) is 7.95. The highest BCUT2D eigenvalue weighted by molar-refractivity contribution is 5.95. The number of nitrogens with one attached hydrogen (secondary N) is 1. The number of benzene rings is 2. The third kappa shape index (κ3) is 5.80. The van der Waals surface area contributed by atoms with Gasteiger partial charge in [0, 0.05) is 22.3 Å². The van der Waals surface area contributed by atoms with Crippen LogP contribution in [-0.4, -0.2) is 61.8 Å². The minimum Gasteiger partial charge on any atom is -0.461 e. The summed E-state index contributed by atoms with van der Waals surface area (Å²) in [4.78, 5) is 42.3. The van der Waals surface area contributed by atoms with E-state index in [-0.39, 0.29) is 48.7 Å². The average molecular weight is 526 g/mol. The Morgan fingerprint density at radius 1 is 1.17 bits per heavy atom. The molecule has 1 fully saturated rings. The second kappa shape index (κ2) is 10.6. The number of carbonyl (C=O) groups excluding carboxylic acids is 2. The van der Waals surface area contributed by atoms with E-state index in [2.05, 4.69) is 4.98 Å². The number of nitrogens with zero attached hydrogens (tertiary/aromatic N) is 2. The molecule has 1 aromatic heterocycles. The number of H-pyrrole nitrogens is 1. The van der Waals surface area contributed by atoms with E-state index in [9.17, 15) is 27.6 Å². The number of anilines is 1. The van der Waals surface area contributed by atoms with E-state index in [1.807, 2.05) is 0 Å². The number of alkyl halides is 3. The van der Waals surface area contributed by atoms with Gasteiger partial charge in [-0.25, -0.2) is 4.79 Å². The number of carbonyl (C=O) groups is 2. The molecule has 0 bridgehead atoms. The van der Waals surface area contributed by atoms with Gasteiger partial charge in [-0.15, -0.1) is 12.4 Å². The highest BCUT2D eigenvalue weighted by Crippen LogP contribution is 2.36. The maximum Gasteiger partial charge on any atom is 0.417 e. The quantitative estimate of drug-likeness (QED) is 0.488. The zero-order chi connectivity index (χ0) is 25.3. The number of amides is 1. The maximum atomic E-state index is 13.4. The molecule has 12 heteroatoms. The van der Waals surface area contributed by atoms with Crippen molar-refractivity contribution in [1.82, 2.24) is 9.88 Å². The van der Waals surface area contributed by atoms with Crippen molar-refractivity contribution >= 4 is 40.9 Å². The van der Waals surface area contributed by atoms with E-state index in [0.29, 0.717) is 11.1 Å². The van der Waals surface area contributed by atoms with E-state index in [0.717, 1.165) is 6.07 Å². The number of halogens is 4. The Bertz CT molecular complexity index is 1340. The molecule has 2 aromatic carbocycles. The predicted octanol–water partition coefficient (Wildman–Crippen LogP) is 4.07. The highest BCUT2D eigenvalue weighted by atomic mass is 35.5. The fourth-order valence-corrected chi connectivity index (χ4v) is 3.84. The van der Waals surface area contributed by atoms with Crippen molar-refractivity contribution in [2.45, 2.75) is 12.3 Å². The molecule has 8 nitrogen and oxygen atoms in total. The summed E-state index contributed by atoms with van der Waals surface area (Å²) >= 11 is 0. The highest BCUT2D eigenvalue weighted by Gasteiger charge is 2.35. The number of ether oxygens (including phenoxy) is 2. The van der Waals surface area contributed by atoms with E-state index in [4.69, 9.17) is 9.47 Å². The molecule has 2 heterocycles. The molecular weight excluding hydrogens is 503 g/mol.